The molecule has 0 unspecified atom stereocenters. The summed E-state index contributed by atoms with van der Waals surface area (Å²) in [5, 5.41) is 0. The number of nitrogens with two attached hydrogens (primary N) is 1. The monoisotopic (exact) mass is 247 g/mol. The Labute approximate surface area is 98.6 Å². The van der Waals surface area contributed by atoms with Crippen LogP contribution in [-0.4, -0.2) is 12.8 Å². The van der Waals surface area contributed by atoms with Gasteiger partial charge in [0.2, 0.25) is 0 Å². The van der Waals surface area contributed by atoms with Gasteiger partial charge in [0.15, 0.2) is 0 Å². The molecule has 0 radical (unpaired) electrons. The average Bonchev–Trinajstić information content (AvgIpc) is 2.26. The van der Waals surface area contributed by atoms with Crippen LogP contribution in [0.2, 0.25) is 0 Å². The second-order valence-electron chi connectivity index (χ2n) is 3.76. The molecule has 1 aromatic rings. The molecule has 0 saturated carbocycles. The minimum Gasteiger partial charge on any atom is -0.494 e. The largest absolute Gasteiger partial charge is 0.494 e. The van der Waals surface area contributed by atoms with E-state index in [4.69, 9.17) is 10.5 Å². The van der Waals surface area contributed by atoms with Crippen molar-refractivity contribution >= 4 is 0 Å². The van der Waals surface area contributed by atoms with E-state index in [2.05, 4.69) is 0 Å². The summed E-state index contributed by atoms with van der Waals surface area (Å²) in [7, 11) is 0. The zero-order valence-corrected chi connectivity index (χ0v) is 9.63. The van der Waals surface area contributed by atoms with Gasteiger partial charge in [-0.3, -0.25) is 0 Å². The van der Waals surface area contributed by atoms with Gasteiger partial charge in [0.1, 0.15) is 5.75 Å². The van der Waals surface area contributed by atoms with Crippen molar-refractivity contribution in [3.63, 3.8) is 0 Å². The fourth-order valence-corrected chi connectivity index (χ4v) is 1.46. The summed E-state index contributed by atoms with van der Waals surface area (Å²) in [5.41, 5.74) is 6.38. The highest BCUT2D eigenvalue weighted by Crippen LogP contribution is 2.27. The van der Waals surface area contributed by atoms with E-state index in [1.807, 2.05) is 6.92 Å². The molecule has 2 N–H and O–H groups in total. The molecule has 0 aliphatic rings. The van der Waals surface area contributed by atoms with Gasteiger partial charge in [-0.1, -0.05) is 12.1 Å². The van der Waals surface area contributed by atoms with Gasteiger partial charge in [-0.15, -0.1) is 0 Å². The first-order valence-corrected chi connectivity index (χ1v) is 5.47. The zero-order chi connectivity index (χ0) is 12.9. The van der Waals surface area contributed by atoms with Gasteiger partial charge in [-0.25, -0.2) is 0 Å². The Balaban J connectivity index is 2.54. The molecule has 0 heterocycles. The Morgan fingerprint density at radius 3 is 2.29 bits per heavy atom. The van der Waals surface area contributed by atoms with Crippen molar-refractivity contribution in [3.05, 3.63) is 29.8 Å². The van der Waals surface area contributed by atoms with Crippen molar-refractivity contribution in [2.45, 2.75) is 32.0 Å². The normalized spacial score (nSPS) is 13.5. The highest BCUT2D eigenvalue weighted by Gasteiger charge is 2.27. The topological polar surface area (TPSA) is 35.2 Å². The average molecular weight is 247 g/mol. The van der Waals surface area contributed by atoms with E-state index < -0.39 is 18.6 Å². The molecule has 0 fully saturated rings. The van der Waals surface area contributed by atoms with Crippen molar-refractivity contribution in [1.29, 1.82) is 0 Å². The summed E-state index contributed by atoms with van der Waals surface area (Å²) in [6, 6.07) is 6.24. The lowest BCUT2D eigenvalue weighted by Crippen LogP contribution is -2.15. The second-order valence-corrected chi connectivity index (χ2v) is 3.76. The molecule has 17 heavy (non-hydrogen) atoms. The van der Waals surface area contributed by atoms with E-state index in [0.717, 1.165) is 0 Å². The molecule has 1 rings (SSSR count). The Morgan fingerprint density at radius 1 is 1.24 bits per heavy atom. The van der Waals surface area contributed by atoms with Crippen LogP contribution in [0.4, 0.5) is 13.2 Å². The van der Waals surface area contributed by atoms with Gasteiger partial charge in [0.05, 0.1) is 6.61 Å². The molecular weight excluding hydrogens is 231 g/mol. The first-order chi connectivity index (χ1) is 7.92. The van der Waals surface area contributed by atoms with E-state index in [0.29, 0.717) is 17.9 Å². The fraction of sp³-hybridized carbons (Fsp3) is 0.500. The lowest BCUT2D eigenvalue weighted by molar-refractivity contribution is -0.136. The van der Waals surface area contributed by atoms with Gasteiger partial charge in [0, 0.05) is 12.5 Å². The van der Waals surface area contributed by atoms with Gasteiger partial charge in [0.25, 0.3) is 0 Å². The van der Waals surface area contributed by atoms with E-state index in [1.165, 1.54) is 0 Å². The van der Waals surface area contributed by atoms with Gasteiger partial charge in [-0.05, 0) is 31.0 Å². The number of alkyl halides is 3. The molecular formula is C12H16F3NO. The van der Waals surface area contributed by atoms with Crippen molar-refractivity contribution in [2.75, 3.05) is 6.61 Å². The SMILES string of the molecule is CCOc1ccc([C@H](N)CCC(F)(F)F)cc1. The van der Waals surface area contributed by atoms with Crippen LogP contribution < -0.4 is 10.5 Å². The summed E-state index contributed by atoms with van der Waals surface area (Å²) in [4.78, 5) is 0. The van der Waals surface area contributed by atoms with Crippen LogP contribution in [0.15, 0.2) is 24.3 Å². The maximum atomic E-state index is 12.0. The molecule has 0 amide bonds. The summed E-state index contributed by atoms with van der Waals surface area (Å²) in [6.45, 7) is 2.42. The maximum Gasteiger partial charge on any atom is 0.389 e. The Morgan fingerprint density at radius 2 is 1.82 bits per heavy atom. The quantitative estimate of drug-likeness (QED) is 0.865. The van der Waals surface area contributed by atoms with E-state index in [-0.39, 0.29) is 6.42 Å². The third-order valence-corrected chi connectivity index (χ3v) is 2.36. The number of halogens is 3. The molecule has 0 aromatic heterocycles. The van der Waals surface area contributed by atoms with Crippen molar-refractivity contribution in [1.82, 2.24) is 0 Å². The maximum absolute atomic E-state index is 12.0. The molecule has 5 heteroatoms. The molecule has 1 aromatic carbocycles. The number of ether oxygens (including phenoxy) is 1. The van der Waals surface area contributed by atoms with Crippen LogP contribution >= 0.6 is 0 Å². The van der Waals surface area contributed by atoms with Gasteiger partial charge in [-0.2, -0.15) is 13.2 Å². The summed E-state index contributed by atoms with van der Waals surface area (Å²) >= 11 is 0. The highest BCUT2D eigenvalue weighted by atomic mass is 19.4. The minimum atomic E-state index is -4.15. The smallest absolute Gasteiger partial charge is 0.389 e. The summed E-state index contributed by atoms with van der Waals surface area (Å²) < 4.78 is 41.3. The Bertz CT molecular complexity index is 335. The molecule has 1 atom stereocenters. The lowest BCUT2D eigenvalue weighted by atomic mass is 10.0. The van der Waals surface area contributed by atoms with Crippen LogP contribution in [-0.2, 0) is 0 Å². The zero-order valence-electron chi connectivity index (χ0n) is 9.63. The first-order valence-electron chi connectivity index (χ1n) is 5.47. The number of rotatable bonds is 5. The van der Waals surface area contributed by atoms with Crippen LogP contribution in [0.1, 0.15) is 31.4 Å². The van der Waals surface area contributed by atoms with E-state index in [9.17, 15) is 13.2 Å². The third-order valence-electron chi connectivity index (χ3n) is 2.36. The molecule has 0 saturated heterocycles. The molecule has 2 nitrogen and oxygen atoms in total. The Hall–Kier alpha value is -1.23. The predicted molar refractivity (Wildman–Crippen MR) is 59.8 cm³/mol. The minimum absolute atomic E-state index is 0.0997. The van der Waals surface area contributed by atoms with Crippen molar-refractivity contribution in [3.8, 4) is 5.75 Å². The third kappa shape index (κ3) is 5.08. The van der Waals surface area contributed by atoms with Crippen LogP contribution in [0, 0.1) is 0 Å². The van der Waals surface area contributed by atoms with Crippen molar-refractivity contribution < 1.29 is 17.9 Å². The molecule has 0 aliphatic heterocycles. The standard InChI is InChI=1S/C12H16F3NO/c1-2-17-10-5-3-9(4-6-10)11(16)7-8-12(13,14)15/h3-6,11H,2,7-8,16H2,1H3/t11-/m1/s1. The summed E-state index contributed by atoms with van der Waals surface area (Å²) in [5.74, 6) is 0.694. The van der Waals surface area contributed by atoms with E-state index in [1.54, 1.807) is 24.3 Å². The predicted octanol–water partition coefficient (Wildman–Crippen LogP) is 3.43. The molecule has 0 spiro atoms. The highest BCUT2D eigenvalue weighted by molar-refractivity contribution is 5.28. The number of hydrogen-bond acceptors (Lipinski definition) is 2. The number of hydrogen-bond donors (Lipinski definition) is 1. The Kier molecular flexibility index (Phi) is 4.81. The molecule has 96 valence electrons. The van der Waals surface area contributed by atoms with Crippen LogP contribution in [0.5, 0.6) is 5.75 Å². The van der Waals surface area contributed by atoms with Crippen LogP contribution in [0.25, 0.3) is 0 Å². The fourth-order valence-electron chi connectivity index (χ4n) is 1.46. The van der Waals surface area contributed by atoms with Gasteiger partial charge >= 0.3 is 6.18 Å². The van der Waals surface area contributed by atoms with Crippen molar-refractivity contribution in [2.24, 2.45) is 5.73 Å². The van der Waals surface area contributed by atoms with E-state index >= 15 is 0 Å². The molecule has 0 bridgehead atoms. The summed E-state index contributed by atoms with van der Waals surface area (Å²) in [6.07, 6.45) is -5.11. The molecule has 0 aliphatic carbocycles. The van der Waals surface area contributed by atoms with Gasteiger partial charge < -0.3 is 10.5 Å². The first kappa shape index (κ1) is 13.8. The number of benzene rings is 1. The van der Waals surface area contributed by atoms with Crippen LogP contribution in [0.3, 0.4) is 0 Å². The lowest BCUT2D eigenvalue weighted by Gasteiger charge is -2.14. The second kappa shape index (κ2) is 5.91.